The van der Waals surface area contributed by atoms with Gasteiger partial charge in [-0.05, 0) is 36.1 Å². The van der Waals surface area contributed by atoms with Gasteiger partial charge in [-0.2, -0.15) is 0 Å². The summed E-state index contributed by atoms with van der Waals surface area (Å²) in [5.41, 5.74) is 12.3. The van der Waals surface area contributed by atoms with Crippen LogP contribution in [0.5, 0.6) is 0 Å². The minimum absolute atomic E-state index is 0.417. The van der Waals surface area contributed by atoms with Crippen molar-refractivity contribution in [3.05, 3.63) is 107 Å². The summed E-state index contributed by atoms with van der Waals surface area (Å²) in [6.07, 6.45) is 0.751. The summed E-state index contributed by atoms with van der Waals surface area (Å²) in [6, 6.07) is 28.0. The molecule has 1 heterocycles. The Morgan fingerprint density at radius 3 is 2.03 bits per heavy atom. The quantitative estimate of drug-likeness (QED) is 0.405. The van der Waals surface area contributed by atoms with Crippen molar-refractivity contribution in [2.45, 2.75) is 19.9 Å². The Bertz CT molecular complexity index is 1180. The molecule has 150 valence electrons. The first-order chi connectivity index (χ1) is 14.6. The number of hydrogen-bond acceptors (Lipinski definition) is 1. The molecule has 3 aromatic carbocycles. The molecule has 0 radical (unpaired) electrons. The lowest BCUT2D eigenvalue weighted by molar-refractivity contribution is 0.1000. The van der Waals surface area contributed by atoms with Crippen LogP contribution in [0.1, 0.15) is 21.6 Å². The predicted octanol–water partition coefficient (Wildman–Crippen LogP) is 6.13. The Morgan fingerprint density at radius 1 is 0.867 bits per heavy atom. The molecule has 4 heteroatoms. The highest BCUT2D eigenvalue weighted by Gasteiger charge is 2.25. The first kappa shape index (κ1) is 20.0. The molecular formula is C26H23ClN2O. The fourth-order valence-corrected chi connectivity index (χ4v) is 4.26. The van der Waals surface area contributed by atoms with Gasteiger partial charge in [0.25, 0.3) is 5.91 Å². The average Bonchev–Trinajstić information content (AvgIpc) is 3.07. The lowest BCUT2D eigenvalue weighted by atomic mass is 9.96. The molecule has 0 unspecified atom stereocenters. The summed E-state index contributed by atoms with van der Waals surface area (Å²) >= 11 is 6.39. The van der Waals surface area contributed by atoms with Crippen LogP contribution in [-0.2, 0) is 13.0 Å². The number of amides is 1. The van der Waals surface area contributed by atoms with Crippen molar-refractivity contribution in [3.8, 4) is 22.4 Å². The van der Waals surface area contributed by atoms with Crippen LogP contribution in [0.4, 0.5) is 0 Å². The molecule has 0 bridgehead atoms. The molecule has 0 aliphatic heterocycles. The van der Waals surface area contributed by atoms with E-state index in [2.05, 4.69) is 16.7 Å². The van der Waals surface area contributed by atoms with Crippen LogP contribution in [0.25, 0.3) is 22.4 Å². The molecular weight excluding hydrogens is 392 g/mol. The van der Waals surface area contributed by atoms with Gasteiger partial charge in [-0.15, -0.1) is 0 Å². The molecule has 2 N–H and O–H groups in total. The minimum Gasteiger partial charge on any atom is -0.366 e. The third-order valence-corrected chi connectivity index (χ3v) is 5.81. The monoisotopic (exact) mass is 414 g/mol. The van der Waals surface area contributed by atoms with Crippen LogP contribution >= 0.6 is 11.6 Å². The maximum absolute atomic E-state index is 12.5. The van der Waals surface area contributed by atoms with Gasteiger partial charge in [0.1, 0.15) is 0 Å². The second-order valence-corrected chi connectivity index (χ2v) is 7.68. The number of carbonyl (C=O) groups excluding carboxylic acids is 1. The number of benzene rings is 3. The van der Waals surface area contributed by atoms with Gasteiger partial charge in [-0.3, -0.25) is 4.79 Å². The van der Waals surface area contributed by atoms with Crippen LogP contribution in [0.15, 0.2) is 84.9 Å². The number of rotatable bonds is 6. The summed E-state index contributed by atoms with van der Waals surface area (Å²) in [7, 11) is 0. The van der Waals surface area contributed by atoms with E-state index < -0.39 is 5.91 Å². The Balaban J connectivity index is 1.93. The number of aromatic nitrogens is 1. The summed E-state index contributed by atoms with van der Waals surface area (Å²) in [4.78, 5) is 12.5. The Kier molecular flexibility index (Phi) is 5.73. The van der Waals surface area contributed by atoms with E-state index in [0.717, 1.165) is 45.1 Å². The molecule has 0 spiro atoms. The number of primary amides is 1. The Morgan fingerprint density at radius 2 is 1.43 bits per heavy atom. The van der Waals surface area contributed by atoms with Crippen LogP contribution in [0.2, 0.25) is 5.02 Å². The fraction of sp³-hybridized carbons (Fsp3) is 0.115. The first-order valence-electron chi connectivity index (χ1n) is 9.95. The largest absolute Gasteiger partial charge is 0.366 e. The van der Waals surface area contributed by atoms with Crippen molar-refractivity contribution in [3.63, 3.8) is 0 Å². The second-order valence-electron chi connectivity index (χ2n) is 7.27. The van der Waals surface area contributed by atoms with Gasteiger partial charge in [-0.25, -0.2) is 0 Å². The molecule has 30 heavy (non-hydrogen) atoms. The Labute approximate surface area is 181 Å². The molecule has 4 rings (SSSR count). The van der Waals surface area contributed by atoms with Gasteiger partial charge in [0.05, 0.1) is 11.3 Å². The van der Waals surface area contributed by atoms with Crippen molar-refractivity contribution in [2.24, 2.45) is 5.73 Å². The molecule has 0 aliphatic rings. The van der Waals surface area contributed by atoms with Crippen LogP contribution in [0, 0.1) is 6.92 Å². The van der Waals surface area contributed by atoms with Crippen molar-refractivity contribution in [1.29, 1.82) is 0 Å². The van der Waals surface area contributed by atoms with Gasteiger partial charge >= 0.3 is 0 Å². The van der Waals surface area contributed by atoms with E-state index in [1.807, 2.05) is 79.7 Å². The summed E-state index contributed by atoms with van der Waals surface area (Å²) in [5.74, 6) is -0.417. The number of nitrogens with zero attached hydrogens (tertiary/aromatic N) is 1. The van der Waals surface area contributed by atoms with E-state index in [4.69, 9.17) is 17.3 Å². The minimum atomic E-state index is -0.417. The van der Waals surface area contributed by atoms with Crippen molar-refractivity contribution in [1.82, 2.24) is 4.57 Å². The van der Waals surface area contributed by atoms with Gasteiger partial charge in [0.15, 0.2) is 0 Å². The molecule has 1 amide bonds. The van der Waals surface area contributed by atoms with Crippen molar-refractivity contribution < 1.29 is 4.79 Å². The molecule has 0 saturated carbocycles. The number of nitrogens with two attached hydrogens (primary N) is 1. The molecule has 1 aromatic heterocycles. The van der Waals surface area contributed by atoms with E-state index in [9.17, 15) is 4.79 Å². The average molecular weight is 415 g/mol. The standard InChI is InChI=1S/C26H23ClN2O/c1-18-23(26(28)30)24(20-11-4-2-5-12-20)25(21-13-6-3-7-14-21)29(18)17-16-19-10-8-9-15-22(19)27/h2-15H,16-17H2,1H3,(H2,28,30). The van der Waals surface area contributed by atoms with Crippen LogP contribution in [-0.4, -0.2) is 10.5 Å². The van der Waals surface area contributed by atoms with E-state index in [-0.39, 0.29) is 0 Å². The van der Waals surface area contributed by atoms with E-state index in [1.54, 1.807) is 0 Å². The SMILES string of the molecule is Cc1c(C(N)=O)c(-c2ccccc2)c(-c2ccccc2)n1CCc1ccccc1Cl. The summed E-state index contributed by atoms with van der Waals surface area (Å²) < 4.78 is 2.20. The topological polar surface area (TPSA) is 48.0 Å². The predicted molar refractivity (Wildman–Crippen MR) is 124 cm³/mol. The fourth-order valence-electron chi connectivity index (χ4n) is 4.03. The lowest BCUT2D eigenvalue weighted by Gasteiger charge is -2.14. The molecule has 0 atom stereocenters. The molecule has 0 aliphatic carbocycles. The zero-order chi connectivity index (χ0) is 21.1. The zero-order valence-electron chi connectivity index (χ0n) is 16.8. The number of halogens is 1. The third-order valence-electron chi connectivity index (χ3n) is 5.44. The number of aryl methyl sites for hydroxylation is 1. The highest BCUT2D eigenvalue weighted by atomic mass is 35.5. The van der Waals surface area contributed by atoms with Crippen LogP contribution < -0.4 is 5.73 Å². The summed E-state index contributed by atoms with van der Waals surface area (Å²) in [6.45, 7) is 2.65. The maximum Gasteiger partial charge on any atom is 0.251 e. The summed E-state index contributed by atoms with van der Waals surface area (Å²) in [5, 5.41) is 0.752. The van der Waals surface area contributed by atoms with Gasteiger partial charge < -0.3 is 10.3 Å². The van der Waals surface area contributed by atoms with Gasteiger partial charge in [-0.1, -0.05) is 90.5 Å². The molecule has 0 fully saturated rings. The zero-order valence-corrected chi connectivity index (χ0v) is 17.6. The smallest absolute Gasteiger partial charge is 0.251 e. The lowest BCUT2D eigenvalue weighted by Crippen LogP contribution is -2.13. The molecule has 3 nitrogen and oxygen atoms in total. The van der Waals surface area contributed by atoms with Crippen LogP contribution in [0.3, 0.4) is 0 Å². The van der Waals surface area contributed by atoms with E-state index in [1.165, 1.54) is 0 Å². The van der Waals surface area contributed by atoms with Crippen molar-refractivity contribution in [2.75, 3.05) is 0 Å². The normalized spacial score (nSPS) is 10.9. The van der Waals surface area contributed by atoms with E-state index >= 15 is 0 Å². The van der Waals surface area contributed by atoms with Gasteiger partial charge in [0.2, 0.25) is 0 Å². The van der Waals surface area contributed by atoms with Gasteiger partial charge in [0, 0.05) is 22.8 Å². The third kappa shape index (κ3) is 3.77. The number of carbonyl (C=O) groups is 1. The second kappa shape index (κ2) is 8.60. The Hall–Kier alpha value is -3.30. The van der Waals surface area contributed by atoms with E-state index in [0.29, 0.717) is 12.1 Å². The first-order valence-corrected chi connectivity index (χ1v) is 10.3. The molecule has 0 saturated heterocycles. The number of hydrogen-bond donors (Lipinski definition) is 1. The maximum atomic E-state index is 12.5. The highest BCUT2D eigenvalue weighted by molar-refractivity contribution is 6.31. The highest BCUT2D eigenvalue weighted by Crippen LogP contribution is 2.39. The molecule has 4 aromatic rings. The van der Waals surface area contributed by atoms with Crippen molar-refractivity contribution >= 4 is 17.5 Å².